The maximum absolute atomic E-state index is 12.6. The molecule has 0 spiro atoms. The molecule has 2 saturated heterocycles. The van der Waals surface area contributed by atoms with Gasteiger partial charge < -0.3 is 20.1 Å². The monoisotopic (exact) mass is 418 g/mol. The van der Waals surface area contributed by atoms with Crippen LogP contribution in [0.5, 0.6) is 5.75 Å². The van der Waals surface area contributed by atoms with E-state index in [-0.39, 0.29) is 68.6 Å². The van der Waals surface area contributed by atoms with Crippen molar-refractivity contribution in [3.8, 4) is 5.75 Å². The normalized spacial score (nSPS) is 26.3. The first kappa shape index (κ1) is 22.7. The molecule has 3 rings (SSSR count). The molecule has 0 bridgehead atoms. The SMILES string of the molecule is CC[C@@H](Oc1ccccc1)C(=O)N[C@@H]1C(=O)N2[C@@H]1SC(C)(C)[C@@H]2C(=O)O.[KH]. The number of carboxylic acid groups (broad SMARTS) is 1. The van der Waals surface area contributed by atoms with Crippen LogP contribution in [0.4, 0.5) is 0 Å². The average Bonchev–Trinajstić information content (AvgIpc) is 2.86. The number of hydrogen-bond donors (Lipinski definition) is 2. The molecule has 142 valence electrons. The zero-order valence-electron chi connectivity index (χ0n) is 14.8. The summed E-state index contributed by atoms with van der Waals surface area (Å²) in [5, 5.41) is 11.8. The molecule has 4 atom stereocenters. The molecule has 0 radical (unpaired) electrons. The second kappa shape index (κ2) is 8.83. The summed E-state index contributed by atoms with van der Waals surface area (Å²) in [6, 6.07) is 7.41. The fourth-order valence-electron chi connectivity index (χ4n) is 3.38. The van der Waals surface area contributed by atoms with E-state index in [0.717, 1.165) is 0 Å². The number of fused-ring (bicyclic) bond motifs is 1. The van der Waals surface area contributed by atoms with E-state index in [1.54, 1.807) is 26.0 Å². The number of hydrogen-bond acceptors (Lipinski definition) is 5. The average molecular weight is 419 g/mol. The topological polar surface area (TPSA) is 95.9 Å². The number of carbonyl (C=O) groups is 3. The third-order valence-electron chi connectivity index (χ3n) is 4.66. The Bertz CT molecular complexity index is 730. The van der Waals surface area contributed by atoms with Gasteiger partial charge in [-0.2, -0.15) is 0 Å². The molecular formula is C18H23KN2O5S. The van der Waals surface area contributed by atoms with Gasteiger partial charge in [-0.1, -0.05) is 25.1 Å². The summed E-state index contributed by atoms with van der Waals surface area (Å²) in [5.41, 5.74) is 0. The number of thioether (sulfide) groups is 1. The van der Waals surface area contributed by atoms with Crippen molar-refractivity contribution < 1.29 is 24.2 Å². The molecule has 0 aromatic heterocycles. The molecule has 9 heteroatoms. The Kier molecular flexibility index (Phi) is 7.43. The molecule has 2 N–H and O–H groups in total. The minimum absolute atomic E-state index is 0. The molecule has 2 fully saturated rings. The summed E-state index contributed by atoms with van der Waals surface area (Å²) in [5.74, 6) is -1.17. The number of aliphatic carboxylic acids is 1. The summed E-state index contributed by atoms with van der Waals surface area (Å²) in [7, 11) is 0. The predicted octanol–water partition coefficient (Wildman–Crippen LogP) is 0.827. The number of carboxylic acids is 1. The third-order valence-corrected chi connectivity index (χ3v) is 6.23. The van der Waals surface area contributed by atoms with Crippen molar-refractivity contribution in [1.82, 2.24) is 10.2 Å². The molecule has 27 heavy (non-hydrogen) atoms. The van der Waals surface area contributed by atoms with Gasteiger partial charge in [0.1, 0.15) is 23.2 Å². The van der Waals surface area contributed by atoms with Gasteiger partial charge in [-0.3, -0.25) is 9.59 Å². The van der Waals surface area contributed by atoms with Crippen molar-refractivity contribution in [2.45, 2.75) is 55.5 Å². The fraction of sp³-hybridized carbons (Fsp3) is 0.500. The summed E-state index contributed by atoms with van der Waals surface area (Å²) < 4.78 is 5.09. The second-order valence-electron chi connectivity index (χ2n) is 6.91. The van der Waals surface area contributed by atoms with Gasteiger partial charge in [0.15, 0.2) is 6.10 Å². The molecule has 1 aromatic rings. The van der Waals surface area contributed by atoms with E-state index in [2.05, 4.69) is 5.32 Å². The van der Waals surface area contributed by atoms with Crippen LogP contribution in [-0.4, -0.2) is 107 Å². The van der Waals surface area contributed by atoms with E-state index in [4.69, 9.17) is 4.74 Å². The van der Waals surface area contributed by atoms with Gasteiger partial charge >= 0.3 is 57.4 Å². The Morgan fingerprint density at radius 2 is 1.96 bits per heavy atom. The van der Waals surface area contributed by atoms with E-state index < -0.39 is 28.9 Å². The van der Waals surface area contributed by atoms with Crippen molar-refractivity contribution in [3.63, 3.8) is 0 Å². The molecule has 0 saturated carbocycles. The molecule has 0 aliphatic carbocycles. The predicted molar refractivity (Wildman–Crippen MR) is 104 cm³/mol. The van der Waals surface area contributed by atoms with Crippen LogP contribution < -0.4 is 10.1 Å². The Balaban J connectivity index is 0.00000261. The number of ether oxygens (including phenoxy) is 1. The van der Waals surface area contributed by atoms with Crippen LogP contribution in [0, 0.1) is 0 Å². The van der Waals surface area contributed by atoms with Gasteiger partial charge in [0, 0.05) is 4.75 Å². The van der Waals surface area contributed by atoms with Crippen LogP contribution in [0.2, 0.25) is 0 Å². The number of β-lactam (4-membered cyclic amide) rings is 1. The van der Waals surface area contributed by atoms with Crippen LogP contribution in [0.3, 0.4) is 0 Å². The summed E-state index contributed by atoms with van der Waals surface area (Å²) >= 11 is 1.40. The first-order chi connectivity index (χ1) is 12.3. The van der Waals surface area contributed by atoms with Crippen LogP contribution in [0.25, 0.3) is 0 Å². The fourth-order valence-corrected chi connectivity index (χ4v) is 5.00. The standard InChI is InChI=1S/C18H22N2O5S.K.H/c1-4-11(25-10-8-6-5-7-9-10)14(21)19-12-15(22)20-13(17(23)24)18(2,3)26-16(12)20;;/h5-9,11-13,16H,4H2,1-3H3,(H,19,21)(H,23,24);;/t11-,12-,13+,16-;;/m1../s1. The molecule has 7 nitrogen and oxygen atoms in total. The van der Waals surface area contributed by atoms with Gasteiger partial charge in [-0.05, 0) is 32.4 Å². The van der Waals surface area contributed by atoms with Crippen molar-refractivity contribution in [2.75, 3.05) is 0 Å². The van der Waals surface area contributed by atoms with Crippen LogP contribution in [0.1, 0.15) is 27.2 Å². The Labute approximate surface area is 205 Å². The van der Waals surface area contributed by atoms with Crippen LogP contribution >= 0.6 is 11.8 Å². The number of rotatable bonds is 6. The first-order valence-corrected chi connectivity index (χ1v) is 9.39. The van der Waals surface area contributed by atoms with E-state index in [1.165, 1.54) is 16.7 Å². The van der Waals surface area contributed by atoms with Crippen LogP contribution in [0.15, 0.2) is 30.3 Å². The molecule has 1 aromatic carbocycles. The van der Waals surface area contributed by atoms with Crippen molar-refractivity contribution in [3.05, 3.63) is 30.3 Å². The minimum atomic E-state index is -1.03. The second-order valence-corrected chi connectivity index (χ2v) is 8.68. The van der Waals surface area contributed by atoms with Gasteiger partial charge in [-0.25, -0.2) is 4.79 Å². The Morgan fingerprint density at radius 3 is 2.52 bits per heavy atom. The van der Waals surface area contributed by atoms with Gasteiger partial charge in [0.2, 0.25) is 5.91 Å². The van der Waals surface area contributed by atoms with E-state index in [1.807, 2.05) is 25.1 Å². The Hall–Kier alpha value is -0.584. The summed E-state index contributed by atoms with van der Waals surface area (Å²) in [4.78, 5) is 37.9. The zero-order valence-corrected chi connectivity index (χ0v) is 15.7. The Morgan fingerprint density at radius 1 is 1.33 bits per heavy atom. The van der Waals surface area contributed by atoms with E-state index in [9.17, 15) is 19.5 Å². The van der Waals surface area contributed by atoms with Crippen LogP contribution in [-0.2, 0) is 14.4 Å². The summed E-state index contributed by atoms with van der Waals surface area (Å²) in [6.07, 6.45) is -0.263. The number of para-hydroxylation sites is 1. The van der Waals surface area contributed by atoms with Crippen molar-refractivity contribution in [2.24, 2.45) is 0 Å². The number of nitrogens with one attached hydrogen (secondary N) is 1. The molecule has 2 heterocycles. The molecule has 0 unspecified atom stereocenters. The maximum atomic E-state index is 12.6. The third kappa shape index (κ3) is 4.38. The number of carbonyl (C=O) groups excluding carboxylic acids is 2. The number of amides is 2. The zero-order chi connectivity index (χ0) is 19.1. The van der Waals surface area contributed by atoms with Crippen molar-refractivity contribution in [1.29, 1.82) is 0 Å². The van der Waals surface area contributed by atoms with Gasteiger partial charge in [0.25, 0.3) is 5.91 Å². The van der Waals surface area contributed by atoms with E-state index in [0.29, 0.717) is 12.2 Å². The number of benzene rings is 1. The quantitative estimate of drug-likeness (QED) is 0.525. The van der Waals surface area contributed by atoms with Gasteiger partial charge in [0.05, 0.1) is 0 Å². The van der Waals surface area contributed by atoms with Crippen molar-refractivity contribution >= 4 is 80.9 Å². The number of nitrogens with zero attached hydrogens (tertiary/aromatic N) is 1. The molecule has 2 aliphatic heterocycles. The van der Waals surface area contributed by atoms with Gasteiger partial charge in [-0.15, -0.1) is 11.8 Å². The van der Waals surface area contributed by atoms with E-state index >= 15 is 0 Å². The molecule has 2 amide bonds. The molecule has 2 aliphatic rings. The molecular weight excluding hydrogens is 395 g/mol. The first-order valence-electron chi connectivity index (χ1n) is 8.51. The summed E-state index contributed by atoms with van der Waals surface area (Å²) in [6.45, 7) is 5.43.